The van der Waals surface area contributed by atoms with Crippen molar-refractivity contribution in [1.29, 1.82) is 0 Å². The Morgan fingerprint density at radius 2 is 2.04 bits per heavy atom. The normalized spacial score (nSPS) is 19.0. The van der Waals surface area contributed by atoms with Crippen LogP contribution in [0.15, 0.2) is 18.6 Å². The Morgan fingerprint density at radius 3 is 2.67 bits per heavy atom. The topological polar surface area (TPSA) is 88.0 Å². The zero-order valence-electron chi connectivity index (χ0n) is 15.0. The highest BCUT2D eigenvalue weighted by atomic mass is 19.3. The highest BCUT2D eigenvalue weighted by molar-refractivity contribution is 5.85. The predicted octanol–water partition coefficient (Wildman–Crippen LogP) is 2.23. The third-order valence-electron chi connectivity index (χ3n) is 5.39. The second-order valence-electron chi connectivity index (χ2n) is 7.09. The average molecular weight is 377 g/mol. The van der Waals surface area contributed by atoms with Gasteiger partial charge < -0.3 is 15.5 Å². The summed E-state index contributed by atoms with van der Waals surface area (Å²) in [5.41, 5.74) is 1.09. The smallest absolute Gasteiger partial charge is 0.333 e. The van der Waals surface area contributed by atoms with E-state index in [1.807, 2.05) is 6.92 Å². The van der Waals surface area contributed by atoms with Crippen molar-refractivity contribution >= 4 is 23.4 Å². The molecule has 2 fully saturated rings. The van der Waals surface area contributed by atoms with Crippen molar-refractivity contribution in [1.82, 2.24) is 25.1 Å². The quantitative estimate of drug-likeness (QED) is 0.850. The van der Waals surface area contributed by atoms with Crippen molar-refractivity contribution in [3.05, 3.63) is 24.2 Å². The van der Waals surface area contributed by atoms with Gasteiger partial charge in [0.25, 0.3) is 0 Å². The summed E-state index contributed by atoms with van der Waals surface area (Å²) in [4.78, 5) is 23.1. The zero-order valence-corrected chi connectivity index (χ0v) is 15.0. The number of carbonyl (C=O) groups is 1. The first-order valence-electron chi connectivity index (χ1n) is 8.93. The van der Waals surface area contributed by atoms with Crippen molar-refractivity contribution in [2.45, 2.75) is 32.7 Å². The van der Waals surface area contributed by atoms with E-state index in [2.05, 4.69) is 30.6 Å². The summed E-state index contributed by atoms with van der Waals surface area (Å²) >= 11 is 0. The fourth-order valence-corrected chi connectivity index (χ4v) is 3.79. The van der Waals surface area contributed by atoms with Crippen molar-refractivity contribution in [3.63, 3.8) is 0 Å². The molecule has 4 rings (SSSR count). The van der Waals surface area contributed by atoms with Gasteiger partial charge in [0.2, 0.25) is 11.9 Å². The van der Waals surface area contributed by atoms with Crippen LogP contribution in [0.3, 0.4) is 0 Å². The van der Waals surface area contributed by atoms with Gasteiger partial charge in [-0.3, -0.25) is 4.79 Å². The molecule has 2 aliphatic heterocycles. The van der Waals surface area contributed by atoms with Gasteiger partial charge in [-0.05, 0) is 26.2 Å². The molecule has 0 unspecified atom stereocenters. The maximum atomic E-state index is 12.6. The third kappa shape index (κ3) is 3.31. The molecule has 0 saturated carbocycles. The number of nitrogens with one attached hydrogen (secondary N) is 2. The van der Waals surface area contributed by atoms with Crippen LogP contribution in [0.4, 0.5) is 26.2 Å². The number of hydrogen-bond acceptors (Lipinski definition) is 6. The van der Waals surface area contributed by atoms with Crippen LogP contribution in [0, 0.1) is 12.3 Å². The van der Waals surface area contributed by atoms with Gasteiger partial charge in [0, 0.05) is 31.4 Å². The fourth-order valence-electron chi connectivity index (χ4n) is 3.79. The minimum atomic E-state index is -2.69. The number of alkyl halides is 2. The van der Waals surface area contributed by atoms with Crippen LogP contribution < -0.4 is 15.5 Å². The highest BCUT2D eigenvalue weighted by Gasteiger charge is 2.44. The molecule has 27 heavy (non-hydrogen) atoms. The summed E-state index contributed by atoms with van der Waals surface area (Å²) in [5.74, 6) is 1.28. The average Bonchev–Trinajstić information content (AvgIpc) is 3.26. The maximum Gasteiger partial charge on any atom is 0.333 e. The Labute approximate surface area is 155 Å². The van der Waals surface area contributed by atoms with Gasteiger partial charge in [-0.25, -0.2) is 9.67 Å². The van der Waals surface area contributed by atoms with Crippen LogP contribution in [0.25, 0.3) is 0 Å². The Bertz CT molecular complexity index is 846. The second-order valence-corrected chi connectivity index (χ2v) is 7.09. The van der Waals surface area contributed by atoms with E-state index >= 15 is 0 Å². The highest BCUT2D eigenvalue weighted by Crippen LogP contribution is 2.39. The summed E-state index contributed by atoms with van der Waals surface area (Å²) in [6, 6.07) is 0. The van der Waals surface area contributed by atoms with Gasteiger partial charge in [-0.2, -0.15) is 18.9 Å². The van der Waals surface area contributed by atoms with Crippen LogP contribution in [0.5, 0.6) is 0 Å². The van der Waals surface area contributed by atoms with Crippen LogP contribution in [0.2, 0.25) is 0 Å². The first kappa shape index (κ1) is 17.6. The molecule has 0 aromatic carbocycles. The first-order valence-corrected chi connectivity index (χ1v) is 8.93. The fraction of sp³-hybridized carbons (Fsp3) is 0.529. The minimum Gasteiger partial charge on any atom is -0.356 e. The molecule has 2 aromatic heterocycles. The van der Waals surface area contributed by atoms with Crippen molar-refractivity contribution in [3.8, 4) is 0 Å². The molecule has 0 bridgehead atoms. The molecule has 8 nitrogen and oxygen atoms in total. The molecular weight excluding hydrogens is 356 g/mol. The van der Waals surface area contributed by atoms with Crippen molar-refractivity contribution < 1.29 is 13.6 Å². The molecule has 1 spiro atoms. The van der Waals surface area contributed by atoms with Crippen LogP contribution in [-0.4, -0.2) is 45.3 Å². The summed E-state index contributed by atoms with van der Waals surface area (Å²) < 4.78 is 25.8. The largest absolute Gasteiger partial charge is 0.356 e. The molecule has 4 heterocycles. The van der Waals surface area contributed by atoms with Gasteiger partial charge in [-0.15, -0.1) is 0 Å². The number of aromatic nitrogens is 4. The van der Waals surface area contributed by atoms with Crippen LogP contribution >= 0.6 is 0 Å². The molecule has 1 amide bonds. The van der Waals surface area contributed by atoms with Crippen LogP contribution in [0.1, 0.15) is 31.4 Å². The first-order chi connectivity index (χ1) is 13.0. The predicted molar refractivity (Wildman–Crippen MR) is 95.0 cm³/mol. The van der Waals surface area contributed by atoms with E-state index in [0.717, 1.165) is 50.3 Å². The molecule has 0 radical (unpaired) electrons. The number of rotatable bonds is 4. The zero-order chi connectivity index (χ0) is 19.0. The number of hydrogen-bond donors (Lipinski definition) is 2. The van der Waals surface area contributed by atoms with Gasteiger partial charge in [-0.1, -0.05) is 0 Å². The maximum absolute atomic E-state index is 12.6. The van der Waals surface area contributed by atoms with E-state index in [9.17, 15) is 13.6 Å². The number of carbonyl (C=O) groups excluding carboxylic acids is 1. The van der Waals surface area contributed by atoms with Gasteiger partial charge >= 0.3 is 6.55 Å². The summed E-state index contributed by atoms with van der Waals surface area (Å²) in [7, 11) is 0. The molecule has 2 saturated heterocycles. The molecule has 2 N–H and O–H groups in total. The SMILES string of the molecule is Cc1cnc(Nc2cnn(C(F)F)c2)nc1N1CCC2(CCNC2=O)CC1. The lowest BCUT2D eigenvalue weighted by atomic mass is 9.77. The number of piperidine rings is 1. The lowest BCUT2D eigenvalue weighted by Crippen LogP contribution is -2.44. The van der Waals surface area contributed by atoms with E-state index in [-0.39, 0.29) is 11.3 Å². The Balaban J connectivity index is 1.48. The van der Waals surface area contributed by atoms with E-state index in [4.69, 9.17) is 0 Å². The monoisotopic (exact) mass is 377 g/mol. The van der Waals surface area contributed by atoms with E-state index in [1.54, 1.807) is 6.20 Å². The van der Waals surface area contributed by atoms with Crippen molar-refractivity contribution in [2.24, 2.45) is 5.41 Å². The number of anilines is 3. The number of aryl methyl sites for hydroxylation is 1. The Kier molecular flexibility index (Phi) is 4.40. The molecule has 2 aliphatic rings. The number of halogens is 2. The molecule has 0 aliphatic carbocycles. The molecule has 2 aromatic rings. The molecule has 144 valence electrons. The lowest BCUT2D eigenvalue weighted by Gasteiger charge is -2.38. The van der Waals surface area contributed by atoms with Gasteiger partial charge in [0.05, 0.1) is 23.5 Å². The molecule has 0 atom stereocenters. The van der Waals surface area contributed by atoms with Crippen molar-refractivity contribution in [2.75, 3.05) is 29.9 Å². The summed E-state index contributed by atoms with van der Waals surface area (Å²) in [6.45, 7) is 1.48. The van der Waals surface area contributed by atoms with E-state index in [0.29, 0.717) is 16.3 Å². The number of nitrogens with zero attached hydrogens (tertiary/aromatic N) is 5. The van der Waals surface area contributed by atoms with Gasteiger partial charge in [0.1, 0.15) is 5.82 Å². The van der Waals surface area contributed by atoms with E-state index < -0.39 is 6.55 Å². The Morgan fingerprint density at radius 1 is 1.26 bits per heavy atom. The lowest BCUT2D eigenvalue weighted by molar-refractivity contribution is -0.128. The molecule has 10 heteroatoms. The summed E-state index contributed by atoms with van der Waals surface area (Å²) in [5, 5.41) is 9.44. The molecular formula is C17H21F2N7O. The minimum absolute atomic E-state index is 0.167. The van der Waals surface area contributed by atoms with Gasteiger partial charge in [0.15, 0.2) is 0 Å². The standard InChI is InChI=1S/C17H21F2N7O/c1-11-8-21-16(23-12-9-22-26(10-12)15(18)19)24-13(11)25-6-3-17(4-7-25)2-5-20-14(17)27/h8-10,15H,2-7H2,1H3,(H,20,27)(H,21,23,24). The summed E-state index contributed by atoms with van der Waals surface area (Å²) in [6.07, 6.45) is 6.70. The second kappa shape index (κ2) is 6.75. The Hall–Kier alpha value is -2.78. The third-order valence-corrected chi connectivity index (χ3v) is 5.39. The van der Waals surface area contributed by atoms with Crippen LogP contribution in [-0.2, 0) is 4.79 Å². The number of amides is 1. The van der Waals surface area contributed by atoms with E-state index in [1.165, 1.54) is 12.4 Å².